The van der Waals surface area contributed by atoms with Crippen LogP contribution in [0.3, 0.4) is 0 Å². The highest BCUT2D eigenvalue weighted by molar-refractivity contribution is 7.15. The minimum atomic E-state index is -4.51. The number of hydrogen-bond donors (Lipinski definition) is 1. The maximum absolute atomic E-state index is 13.9. The van der Waals surface area contributed by atoms with Crippen LogP contribution in [0.2, 0.25) is 0 Å². The van der Waals surface area contributed by atoms with Gasteiger partial charge in [0.15, 0.2) is 5.01 Å². The molecule has 1 N–H and O–H groups in total. The first-order valence-electron chi connectivity index (χ1n) is 6.39. The Bertz CT molecular complexity index is 622. The molecule has 0 bridgehead atoms. The lowest BCUT2D eigenvalue weighted by atomic mass is 10.0. The van der Waals surface area contributed by atoms with E-state index < -0.39 is 17.0 Å². The van der Waals surface area contributed by atoms with E-state index in [4.69, 9.17) is 0 Å². The summed E-state index contributed by atoms with van der Waals surface area (Å²) in [5, 5.41) is 2.20. The van der Waals surface area contributed by atoms with Gasteiger partial charge in [-0.25, -0.2) is 9.37 Å². The maximum atomic E-state index is 13.9. The zero-order valence-corrected chi connectivity index (χ0v) is 12.3. The van der Waals surface area contributed by atoms with E-state index in [0.717, 1.165) is 18.3 Å². The molecule has 1 heterocycles. The molecule has 21 heavy (non-hydrogen) atoms. The smallest absolute Gasteiger partial charge is 0.310 e. The van der Waals surface area contributed by atoms with Crippen molar-refractivity contribution in [3.05, 3.63) is 40.8 Å². The predicted octanol–water partition coefficient (Wildman–Crippen LogP) is 4.64. The minimum absolute atomic E-state index is 0.00985. The van der Waals surface area contributed by atoms with E-state index in [1.165, 1.54) is 6.07 Å². The molecule has 2 aromatic rings. The van der Waals surface area contributed by atoms with E-state index in [-0.39, 0.29) is 16.5 Å². The van der Waals surface area contributed by atoms with Crippen LogP contribution in [-0.2, 0) is 6.18 Å². The highest BCUT2D eigenvalue weighted by Crippen LogP contribution is 2.37. The molecular formula is C14H14F4N2S. The summed E-state index contributed by atoms with van der Waals surface area (Å²) in [6.07, 6.45) is -3.44. The predicted molar refractivity (Wildman–Crippen MR) is 74.6 cm³/mol. The van der Waals surface area contributed by atoms with Crippen molar-refractivity contribution in [3.63, 3.8) is 0 Å². The van der Waals surface area contributed by atoms with Crippen LogP contribution in [0.5, 0.6) is 0 Å². The van der Waals surface area contributed by atoms with Gasteiger partial charge in [0.05, 0.1) is 4.88 Å². The Hall–Kier alpha value is -1.47. The highest BCUT2D eigenvalue weighted by Gasteiger charge is 2.34. The fraction of sp³-hybridized carbons (Fsp3) is 0.357. The van der Waals surface area contributed by atoms with Gasteiger partial charge in [-0.2, -0.15) is 13.2 Å². The van der Waals surface area contributed by atoms with Gasteiger partial charge in [0.1, 0.15) is 5.82 Å². The minimum Gasteiger partial charge on any atom is -0.310 e. The summed E-state index contributed by atoms with van der Waals surface area (Å²) in [4.78, 5) is 3.50. The second-order valence-electron chi connectivity index (χ2n) is 4.55. The first-order chi connectivity index (χ1) is 9.82. The van der Waals surface area contributed by atoms with Crippen molar-refractivity contribution in [2.24, 2.45) is 0 Å². The topological polar surface area (TPSA) is 24.9 Å². The Morgan fingerprint density at radius 1 is 1.33 bits per heavy atom. The molecule has 0 aliphatic carbocycles. The highest BCUT2D eigenvalue weighted by atomic mass is 32.1. The van der Waals surface area contributed by atoms with Crippen molar-refractivity contribution in [3.8, 4) is 10.4 Å². The number of rotatable bonds is 4. The van der Waals surface area contributed by atoms with E-state index in [1.807, 2.05) is 13.8 Å². The van der Waals surface area contributed by atoms with Gasteiger partial charge < -0.3 is 5.32 Å². The van der Waals surface area contributed by atoms with E-state index >= 15 is 0 Å². The molecule has 1 atom stereocenters. The van der Waals surface area contributed by atoms with Crippen LogP contribution in [0.25, 0.3) is 10.4 Å². The monoisotopic (exact) mass is 318 g/mol. The van der Waals surface area contributed by atoms with Gasteiger partial charge in [0.2, 0.25) is 0 Å². The summed E-state index contributed by atoms with van der Waals surface area (Å²) in [7, 11) is 0. The molecule has 0 aliphatic heterocycles. The molecule has 0 radical (unpaired) electrons. The molecule has 0 fully saturated rings. The molecule has 7 heteroatoms. The van der Waals surface area contributed by atoms with Gasteiger partial charge in [-0.3, -0.25) is 0 Å². The van der Waals surface area contributed by atoms with Gasteiger partial charge in [-0.1, -0.05) is 13.0 Å². The number of nitrogens with zero attached hydrogens (tertiary/aromatic N) is 1. The lowest BCUT2D eigenvalue weighted by Crippen LogP contribution is -2.17. The van der Waals surface area contributed by atoms with E-state index in [0.29, 0.717) is 11.3 Å². The van der Waals surface area contributed by atoms with Crippen LogP contribution < -0.4 is 5.32 Å². The molecule has 1 aromatic heterocycles. The maximum Gasteiger partial charge on any atom is 0.443 e. The molecule has 1 unspecified atom stereocenters. The zero-order chi connectivity index (χ0) is 15.6. The molecule has 0 saturated heterocycles. The van der Waals surface area contributed by atoms with Gasteiger partial charge in [-0.15, -0.1) is 11.3 Å². The summed E-state index contributed by atoms with van der Waals surface area (Å²) in [5.41, 5.74) is 0.959. The Kier molecular flexibility index (Phi) is 4.63. The number of alkyl halides is 3. The number of aromatic nitrogens is 1. The lowest BCUT2D eigenvalue weighted by molar-refractivity contribution is -0.137. The van der Waals surface area contributed by atoms with Gasteiger partial charge >= 0.3 is 6.18 Å². The van der Waals surface area contributed by atoms with Crippen LogP contribution in [0.15, 0.2) is 24.4 Å². The summed E-state index contributed by atoms with van der Waals surface area (Å²) in [5.74, 6) is -0.556. The summed E-state index contributed by atoms with van der Waals surface area (Å²) < 4.78 is 51.6. The van der Waals surface area contributed by atoms with Gasteiger partial charge in [-0.05, 0) is 31.2 Å². The molecule has 0 amide bonds. The summed E-state index contributed by atoms with van der Waals surface area (Å²) >= 11 is 0.444. The molecule has 0 aliphatic rings. The van der Waals surface area contributed by atoms with Crippen LogP contribution in [0.4, 0.5) is 17.6 Å². The molecule has 114 valence electrons. The number of nitrogens with one attached hydrogen (secondary N) is 1. The van der Waals surface area contributed by atoms with Crippen LogP contribution >= 0.6 is 11.3 Å². The normalized spacial score (nSPS) is 13.4. The fourth-order valence-corrected chi connectivity index (χ4v) is 2.76. The Morgan fingerprint density at radius 3 is 2.62 bits per heavy atom. The Morgan fingerprint density at radius 2 is 2.05 bits per heavy atom. The third-order valence-corrected chi connectivity index (χ3v) is 4.09. The quantitative estimate of drug-likeness (QED) is 0.831. The van der Waals surface area contributed by atoms with Crippen molar-refractivity contribution < 1.29 is 17.6 Å². The average molecular weight is 318 g/mol. The van der Waals surface area contributed by atoms with Gasteiger partial charge in [0.25, 0.3) is 0 Å². The van der Waals surface area contributed by atoms with E-state index in [2.05, 4.69) is 10.3 Å². The first-order valence-corrected chi connectivity index (χ1v) is 7.20. The molecule has 2 rings (SSSR count). The number of thiazole rings is 1. The third-order valence-electron chi connectivity index (χ3n) is 3.01. The van der Waals surface area contributed by atoms with E-state index in [9.17, 15) is 17.6 Å². The SMILES string of the molecule is CCNC(C)c1ccc(F)c(-c2cnc(C(F)(F)F)s2)c1. The summed E-state index contributed by atoms with van der Waals surface area (Å²) in [6.45, 7) is 4.60. The molecule has 1 aromatic carbocycles. The summed E-state index contributed by atoms with van der Waals surface area (Å²) in [6, 6.07) is 4.45. The molecule has 0 spiro atoms. The van der Waals surface area contributed by atoms with Crippen molar-refractivity contribution in [1.29, 1.82) is 0 Å². The largest absolute Gasteiger partial charge is 0.443 e. The number of hydrogen-bond acceptors (Lipinski definition) is 3. The second-order valence-corrected chi connectivity index (χ2v) is 5.58. The third kappa shape index (κ3) is 3.59. The van der Waals surface area contributed by atoms with Crippen molar-refractivity contribution in [1.82, 2.24) is 10.3 Å². The van der Waals surface area contributed by atoms with Crippen molar-refractivity contribution >= 4 is 11.3 Å². The molecular weight excluding hydrogens is 304 g/mol. The van der Waals surface area contributed by atoms with Crippen LogP contribution in [-0.4, -0.2) is 11.5 Å². The Labute approximate surface area is 123 Å². The molecule has 0 saturated carbocycles. The van der Waals surface area contributed by atoms with Crippen molar-refractivity contribution in [2.45, 2.75) is 26.1 Å². The number of benzene rings is 1. The number of halogens is 4. The van der Waals surface area contributed by atoms with Crippen LogP contribution in [0.1, 0.15) is 30.5 Å². The standard InChI is InChI=1S/C14H14F4N2S/c1-3-19-8(2)9-4-5-11(15)10(6-9)12-7-20-13(21-12)14(16,17)18/h4-8,19H,3H2,1-2H3. The van der Waals surface area contributed by atoms with Crippen LogP contribution in [0, 0.1) is 5.82 Å². The van der Waals surface area contributed by atoms with E-state index in [1.54, 1.807) is 12.1 Å². The Balaban J connectivity index is 2.39. The second kappa shape index (κ2) is 6.11. The lowest BCUT2D eigenvalue weighted by Gasteiger charge is -2.14. The molecule has 2 nitrogen and oxygen atoms in total. The average Bonchev–Trinajstić information content (AvgIpc) is 2.89. The first kappa shape index (κ1) is 15.9. The fourth-order valence-electron chi connectivity index (χ4n) is 1.95. The van der Waals surface area contributed by atoms with Gasteiger partial charge in [0, 0.05) is 17.8 Å². The van der Waals surface area contributed by atoms with Crippen molar-refractivity contribution in [2.75, 3.05) is 6.54 Å². The zero-order valence-electron chi connectivity index (χ0n) is 11.5.